The highest BCUT2D eigenvalue weighted by molar-refractivity contribution is 5.90. The van der Waals surface area contributed by atoms with E-state index in [1.807, 2.05) is 24.3 Å². The van der Waals surface area contributed by atoms with Crippen molar-refractivity contribution in [3.8, 4) is 11.1 Å². The molecule has 2 aromatic carbocycles. The quantitative estimate of drug-likeness (QED) is 0.325. The maximum atomic E-state index is 14.7. The van der Waals surface area contributed by atoms with Gasteiger partial charge in [0, 0.05) is 30.2 Å². The largest absolute Gasteiger partial charge is 0.442 e. The molecule has 2 heterocycles. The molecule has 3 aromatic rings. The Kier molecular flexibility index (Phi) is 7.95. The molecule has 1 aromatic heterocycles. The topological polar surface area (TPSA) is 150 Å². The van der Waals surface area contributed by atoms with Crippen molar-refractivity contribution in [3.05, 3.63) is 78.1 Å². The number of cyclic esters (lactones) is 1. The Morgan fingerprint density at radius 3 is 2.61 bits per heavy atom. The van der Waals surface area contributed by atoms with Crippen LogP contribution in [0.3, 0.4) is 0 Å². The molecule has 1 fully saturated rings. The third kappa shape index (κ3) is 6.05. The van der Waals surface area contributed by atoms with E-state index in [1.165, 1.54) is 17.2 Å². The van der Waals surface area contributed by atoms with Gasteiger partial charge < -0.3 is 21.6 Å². The number of benzene rings is 2. The number of anilines is 1. The fourth-order valence-corrected chi connectivity index (χ4v) is 3.14. The zero-order valence-corrected chi connectivity index (χ0v) is 18.2. The average Bonchev–Trinajstić information content (AvgIpc) is 3.48. The van der Waals surface area contributed by atoms with Gasteiger partial charge in [-0.2, -0.15) is 0 Å². The van der Waals surface area contributed by atoms with Crippen molar-refractivity contribution in [3.63, 3.8) is 0 Å². The molecular weight excluding hydrogens is 427 g/mol. The van der Waals surface area contributed by atoms with E-state index < -0.39 is 11.9 Å². The van der Waals surface area contributed by atoms with Crippen molar-refractivity contribution in [2.45, 2.75) is 26.1 Å². The van der Waals surface area contributed by atoms with Crippen LogP contribution in [0.1, 0.15) is 12.5 Å². The van der Waals surface area contributed by atoms with Gasteiger partial charge in [0.05, 0.1) is 25.0 Å². The first kappa shape index (κ1) is 23.7. The molecule has 0 saturated carbocycles. The third-order valence-corrected chi connectivity index (χ3v) is 4.98. The van der Waals surface area contributed by atoms with Crippen LogP contribution in [-0.4, -0.2) is 33.7 Å². The number of hydrogen-bond acceptors (Lipinski definition) is 8. The summed E-state index contributed by atoms with van der Waals surface area (Å²) in [5.41, 5.74) is 16.4. The van der Waals surface area contributed by atoms with Gasteiger partial charge in [-0.05, 0) is 36.2 Å². The fraction of sp³-hybridized carbons (Fsp3) is 0.227. The number of nitrogens with two attached hydrogens (primary N) is 3. The second kappa shape index (κ2) is 11.1. The van der Waals surface area contributed by atoms with Gasteiger partial charge in [0.15, 0.2) is 0 Å². The summed E-state index contributed by atoms with van der Waals surface area (Å²) in [5, 5.41) is 7.59. The van der Waals surface area contributed by atoms with Gasteiger partial charge in [-0.25, -0.2) is 13.9 Å². The monoisotopic (exact) mass is 454 g/mol. The zero-order chi connectivity index (χ0) is 23.8. The van der Waals surface area contributed by atoms with Crippen LogP contribution in [0.25, 0.3) is 11.1 Å². The minimum Gasteiger partial charge on any atom is -0.442 e. The second-order valence-electron chi connectivity index (χ2n) is 7.30. The maximum absolute atomic E-state index is 14.7. The molecule has 11 heteroatoms. The molecule has 1 amide bonds. The molecule has 174 valence electrons. The molecule has 0 radical (unpaired) electrons. The minimum atomic E-state index is -0.500. The fourth-order valence-electron chi connectivity index (χ4n) is 3.14. The van der Waals surface area contributed by atoms with Crippen LogP contribution in [0, 0.1) is 5.82 Å². The predicted octanol–water partition coefficient (Wildman–Crippen LogP) is 1.84. The van der Waals surface area contributed by atoms with Crippen LogP contribution >= 0.6 is 0 Å². The van der Waals surface area contributed by atoms with Crippen LogP contribution in [0.15, 0.2) is 66.8 Å². The van der Waals surface area contributed by atoms with Gasteiger partial charge in [-0.1, -0.05) is 29.5 Å². The van der Waals surface area contributed by atoms with Gasteiger partial charge in [0.2, 0.25) is 0 Å². The zero-order valence-electron chi connectivity index (χ0n) is 18.2. The van der Waals surface area contributed by atoms with E-state index in [2.05, 4.69) is 15.7 Å². The third-order valence-electron chi connectivity index (χ3n) is 4.98. The molecule has 0 aliphatic carbocycles. The predicted molar refractivity (Wildman–Crippen MR) is 123 cm³/mol. The molecule has 1 aliphatic heterocycles. The van der Waals surface area contributed by atoms with Crippen molar-refractivity contribution in [1.82, 2.24) is 20.4 Å². The smallest absolute Gasteiger partial charge is 0.414 e. The molecule has 1 unspecified atom stereocenters. The summed E-state index contributed by atoms with van der Waals surface area (Å²) < 4.78 is 21.6. The summed E-state index contributed by atoms with van der Waals surface area (Å²) in [5.74, 6) is 4.48. The van der Waals surface area contributed by atoms with E-state index >= 15 is 0 Å². The summed E-state index contributed by atoms with van der Waals surface area (Å²) in [7, 11) is 0. The van der Waals surface area contributed by atoms with Crippen LogP contribution in [0.5, 0.6) is 0 Å². The van der Waals surface area contributed by atoms with E-state index in [-0.39, 0.29) is 6.10 Å². The first-order valence-electron chi connectivity index (χ1n) is 10.2. The van der Waals surface area contributed by atoms with Gasteiger partial charge >= 0.3 is 6.09 Å². The Balaban J connectivity index is 0.000000454. The number of nitrogens with zero attached hydrogens (tertiary/aromatic N) is 4. The number of halogens is 1. The molecule has 7 N–H and O–H groups in total. The number of hydrazine groups is 1. The summed E-state index contributed by atoms with van der Waals surface area (Å²) in [6.07, 6.45) is 3.79. The Morgan fingerprint density at radius 1 is 1.30 bits per heavy atom. The highest BCUT2D eigenvalue weighted by atomic mass is 19.1. The van der Waals surface area contributed by atoms with Gasteiger partial charge in [-0.15, -0.1) is 5.10 Å². The van der Waals surface area contributed by atoms with Crippen LogP contribution in [-0.2, 0) is 17.8 Å². The van der Waals surface area contributed by atoms with Crippen molar-refractivity contribution in [2.75, 3.05) is 11.4 Å². The van der Waals surface area contributed by atoms with Crippen molar-refractivity contribution >= 4 is 11.8 Å². The van der Waals surface area contributed by atoms with E-state index in [1.54, 1.807) is 36.1 Å². The highest BCUT2D eigenvalue weighted by Gasteiger charge is 2.33. The van der Waals surface area contributed by atoms with Crippen molar-refractivity contribution < 1.29 is 13.9 Å². The first-order chi connectivity index (χ1) is 15.9. The van der Waals surface area contributed by atoms with E-state index in [0.717, 1.165) is 16.8 Å². The Labute approximate surface area is 190 Å². The SMILES string of the molecule is C/C(=C/N)NN.NCc1ccc(-c2ccc(N3CC(Cn4ccnn4)OC3=O)cc2F)cc1. The lowest BCUT2D eigenvalue weighted by atomic mass is 10.0. The number of allylic oxidation sites excluding steroid dienone is 1. The summed E-state index contributed by atoms with van der Waals surface area (Å²) in [6.45, 7) is 2.94. The number of ether oxygens (including phenoxy) is 1. The molecule has 10 nitrogen and oxygen atoms in total. The lowest BCUT2D eigenvalue weighted by Gasteiger charge is -2.14. The lowest BCUT2D eigenvalue weighted by Crippen LogP contribution is -2.26. The molecule has 4 rings (SSSR count). The van der Waals surface area contributed by atoms with Crippen LogP contribution in [0.4, 0.5) is 14.9 Å². The normalized spacial score (nSPS) is 15.6. The van der Waals surface area contributed by atoms with E-state index in [9.17, 15) is 9.18 Å². The molecule has 33 heavy (non-hydrogen) atoms. The highest BCUT2D eigenvalue weighted by Crippen LogP contribution is 2.29. The lowest BCUT2D eigenvalue weighted by molar-refractivity contribution is 0.129. The number of carbonyl (C=O) groups is 1. The number of hydrogen-bond donors (Lipinski definition) is 4. The standard InChI is InChI=1S/C19H18FN5O2.C3H9N3/c20-18-9-15(5-6-17(18)14-3-1-13(10-21)2-4-14)25-12-16(27-19(25)26)11-24-8-7-22-23-24;1-3(2-4)6-5/h1-9,16H,10-12,21H2;2,6H,4-5H2,1H3/b;3-2-. The summed E-state index contributed by atoms with van der Waals surface area (Å²) in [4.78, 5) is 13.6. The molecule has 0 bridgehead atoms. The Hall–Kier alpha value is -3.96. The number of carbonyl (C=O) groups excluding carboxylic acids is 1. The molecule has 0 spiro atoms. The second-order valence-corrected chi connectivity index (χ2v) is 7.30. The maximum Gasteiger partial charge on any atom is 0.414 e. The van der Waals surface area contributed by atoms with Crippen LogP contribution < -0.4 is 27.6 Å². The van der Waals surface area contributed by atoms with Gasteiger partial charge in [-0.3, -0.25) is 10.7 Å². The molecule has 1 atom stereocenters. The average molecular weight is 455 g/mol. The number of aromatic nitrogens is 3. The first-order valence-corrected chi connectivity index (χ1v) is 10.2. The number of amides is 1. The van der Waals surface area contributed by atoms with Gasteiger partial charge in [0.1, 0.15) is 11.9 Å². The van der Waals surface area contributed by atoms with Crippen LogP contribution in [0.2, 0.25) is 0 Å². The molecule has 1 saturated heterocycles. The summed E-state index contributed by atoms with van der Waals surface area (Å²) >= 11 is 0. The van der Waals surface area contributed by atoms with Crippen molar-refractivity contribution in [1.29, 1.82) is 0 Å². The van der Waals surface area contributed by atoms with Gasteiger partial charge in [0.25, 0.3) is 0 Å². The van der Waals surface area contributed by atoms with E-state index in [4.69, 9.17) is 22.0 Å². The minimum absolute atomic E-state index is 0.322. The Bertz CT molecular complexity index is 1090. The molecular formula is C22H27FN8O2. The summed E-state index contributed by atoms with van der Waals surface area (Å²) in [6, 6.07) is 12.1. The molecule has 1 aliphatic rings. The number of nitrogens with one attached hydrogen (secondary N) is 1. The number of rotatable bonds is 6. The Morgan fingerprint density at radius 2 is 2.06 bits per heavy atom. The van der Waals surface area contributed by atoms with E-state index in [0.29, 0.717) is 30.9 Å². The van der Waals surface area contributed by atoms with Crippen molar-refractivity contribution in [2.24, 2.45) is 17.3 Å².